The highest BCUT2D eigenvalue weighted by atomic mass is 32.2. The van der Waals surface area contributed by atoms with E-state index in [1.807, 2.05) is 41.1 Å². The predicted octanol–water partition coefficient (Wildman–Crippen LogP) is 2.18. The van der Waals surface area contributed by atoms with Crippen LogP contribution in [-0.2, 0) is 9.59 Å². The lowest BCUT2D eigenvalue weighted by molar-refractivity contribution is -0.138. The Bertz CT molecular complexity index is 579. The first kappa shape index (κ1) is 19.6. The molecule has 0 bridgehead atoms. The summed E-state index contributed by atoms with van der Waals surface area (Å²) in [7, 11) is 3.47. The van der Waals surface area contributed by atoms with E-state index in [1.54, 1.807) is 7.11 Å². The summed E-state index contributed by atoms with van der Waals surface area (Å²) in [4.78, 5) is 28.2. The molecule has 1 amide bonds. The number of likely N-dealkylation sites (tertiary alicyclic amines) is 1. The van der Waals surface area contributed by atoms with E-state index in [0.29, 0.717) is 12.3 Å². The molecular weight excluding hydrogens is 340 g/mol. The van der Waals surface area contributed by atoms with Crippen LogP contribution in [0.5, 0.6) is 5.75 Å². The minimum atomic E-state index is -0.810. The van der Waals surface area contributed by atoms with E-state index in [-0.39, 0.29) is 18.5 Å². The molecule has 2 rings (SSSR count). The quantitative estimate of drug-likeness (QED) is 0.746. The van der Waals surface area contributed by atoms with Crippen LogP contribution in [-0.4, -0.2) is 72.4 Å². The maximum atomic E-state index is 12.5. The van der Waals surface area contributed by atoms with Crippen LogP contribution >= 0.6 is 11.8 Å². The van der Waals surface area contributed by atoms with Crippen molar-refractivity contribution in [3.63, 3.8) is 0 Å². The number of aliphatic carboxylic acids is 1. The van der Waals surface area contributed by atoms with Crippen LogP contribution in [0.2, 0.25) is 0 Å². The molecule has 7 heteroatoms. The number of amides is 1. The van der Waals surface area contributed by atoms with Crippen LogP contribution in [0.25, 0.3) is 0 Å². The number of ether oxygens (including phenoxy) is 1. The maximum absolute atomic E-state index is 12.5. The number of methoxy groups -OCH3 is 1. The number of likely N-dealkylation sites (N-methyl/N-ethyl adjacent to an activating group) is 1. The van der Waals surface area contributed by atoms with E-state index in [9.17, 15) is 9.59 Å². The number of rotatable bonds is 7. The fourth-order valence-corrected chi connectivity index (χ4v) is 3.82. The maximum Gasteiger partial charge on any atom is 0.317 e. The molecular formula is C18H26N2O4S. The standard InChI is InChI=1S/C18H26N2O4S/c1-19(12-18(22)23)14-4-3-10-20(11-9-14)17(21)13-25-16-7-5-15(24-2)6-8-16/h5-8,14H,3-4,9-13H2,1-2H3,(H,22,23). The molecule has 1 aliphatic heterocycles. The Balaban J connectivity index is 1.80. The van der Waals surface area contributed by atoms with Gasteiger partial charge in [0, 0.05) is 24.0 Å². The third kappa shape index (κ3) is 6.25. The average Bonchev–Trinajstić information content (AvgIpc) is 2.86. The molecule has 1 N–H and O–H groups in total. The molecule has 1 fully saturated rings. The molecule has 25 heavy (non-hydrogen) atoms. The monoisotopic (exact) mass is 366 g/mol. The molecule has 1 aromatic rings. The van der Waals surface area contributed by atoms with Crippen molar-refractivity contribution in [3.05, 3.63) is 24.3 Å². The largest absolute Gasteiger partial charge is 0.497 e. The highest BCUT2D eigenvalue weighted by Gasteiger charge is 2.23. The molecule has 1 aliphatic rings. The first-order valence-electron chi connectivity index (χ1n) is 8.46. The number of carboxylic acids is 1. The smallest absolute Gasteiger partial charge is 0.317 e. The van der Waals surface area contributed by atoms with Gasteiger partial charge in [0.15, 0.2) is 0 Å². The second kappa shape index (κ2) is 9.68. The zero-order valence-corrected chi connectivity index (χ0v) is 15.6. The van der Waals surface area contributed by atoms with E-state index < -0.39 is 5.97 Å². The van der Waals surface area contributed by atoms with Gasteiger partial charge in [-0.2, -0.15) is 0 Å². The van der Waals surface area contributed by atoms with Crippen LogP contribution in [0.1, 0.15) is 19.3 Å². The summed E-state index contributed by atoms with van der Waals surface area (Å²) in [6.45, 7) is 1.49. The van der Waals surface area contributed by atoms with Crippen molar-refractivity contribution in [1.82, 2.24) is 9.80 Å². The fraction of sp³-hybridized carbons (Fsp3) is 0.556. The summed E-state index contributed by atoms with van der Waals surface area (Å²) < 4.78 is 5.13. The van der Waals surface area contributed by atoms with Crippen LogP contribution in [0.3, 0.4) is 0 Å². The van der Waals surface area contributed by atoms with Crippen LogP contribution in [0, 0.1) is 0 Å². The van der Waals surface area contributed by atoms with E-state index in [2.05, 4.69) is 0 Å². The predicted molar refractivity (Wildman–Crippen MR) is 98.2 cm³/mol. The highest BCUT2D eigenvalue weighted by Crippen LogP contribution is 2.22. The Kier molecular flexibility index (Phi) is 7.58. The minimum Gasteiger partial charge on any atom is -0.497 e. The summed E-state index contributed by atoms with van der Waals surface area (Å²) in [5, 5.41) is 8.92. The van der Waals surface area contributed by atoms with Gasteiger partial charge in [-0.25, -0.2) is 0 Å². The topological polar surface area (TPSA) is 70.1 Å². The van der Waals surface area contributed by atoms with Gasteiger partial charge in [0.25, 0.3) is 0 Å². The molecule has 1 atom stereocenters. The molecule has 6 nitrogen and oxygen atoms in total. The Hall–Kier alpha value is -1.73. The molecule has 1 aromatic carbocycles. The number of thioether (sulfide) groups is 1. The Morgan fingerprint density at radius 3 is 2.64 bits per heavy atom. The molecule has 0 radical (unpaired) electrons. The van der Waals surface area contributed by atoms with Crippen molar-refractivity contribution in [3.8, 4) is 5.75 Å². The minimum absolute atomic E-state index is 0.0476. The number of hydrogen-bond donors (Lipinski definition) is 1. The number of hydrogen-bond acceptors (Lipinski definition) is 5. The van der Waals surface area contributed by atoms with Crippen molar-refractivity contribution < 1.29 is 19.4 Å². The zero-order chi connectivity index (χ0) is 18.2. The van der Waals surface area contributed by atoms with Crippen LogP contribution < -0.4 is 4.74 Å². The van der Waals surface area contributed by atoms with E-state index in [0.717, 1.165) is 36.5 Å². The SMILES string of the molecule is COc1ccc(SCC(=O)N2CCCC(N(C)CC(=O)O)CC2)cc1. The van der Waals surface area contributed by atoms with Crippen molar-refractivity contribution in [2.24, 2.45) is 0 Å². The molecule has 0 spiro atoms. The second-order valence-corrected chi connectivity index (χ2v) is 7.29. The van der Waals surface area contributed by atoms with Gasteiger partial charge in [0.05, 0.1) is 19.4 Å². The van der Waals surface area contributed by atoms with Crippen molar-refractivity contribution in [2.45, 2.75) is 30.2 Å². The van der Waals surface area contributed by atoms with E-state index in [1.165, 1.54) is 11.8 Å². The van der Waals surface area contributed by atoms with Gasteiger partial charge in [-0.15, -0.1) is 11.8 Å². The molecule has 1 saturated heterocycles. The molecule has 1 unspecified atom stereocenters. The molecule has 0 saturated carbocycles. The van der Waals surface area contributed by atoms with E-state index >= 15 is 0 Å². The summed E-state index contributed by atoms with van der Waals surface area (Å²) in [5.74, 6) is 0.555. The zero-order valence-electron chi connectivity index (χ0n) is 14.8. The summed E-state index contributed by atoms with van der Waals surface area (Å²) >= 11 is 1.53. The fourth-order valence-electron chi connectivity index (χ4n) is 3.02. The van der Waals surface area contributed by atoms with Gasteiger partial charge in [0.1, 0.15) is 5.75 Å². The lowest BCUT2D eigenvalue weighted by Gasteiger charge is -2.25. The summed E-state index contributed by atoms with van der Waals surface area (Å²) in [6, 6.07) is 7.92. The lowest BCUT2D eigenvalue weighted by atomic mass is 10.1. The Labute approximate surface area is 153 Å². The van der Waals surface area contributed by atoms with Gasteiger partial charge in [-0.3, -0.25) is 14.5 Å². The van der Waals surface area contributed by atoms with Crippen molar-refractivity contribution in [1.29, 1.82) is 0 Å². The molecule has 0 aliphatic carbocycles. The number of benzene rings is 1. The third-order valence-electron chi connectivity index (χ3n) is 4.48. The Morgan fingerprint density at radius 2 is 2.00 bits per heavy atom. The highest BCUT2D eigenvalue weighted by molar-refractivity contribution is 8.00. The van der Waals surface area contributed by atoms with Gasteiger partial charge in [-0.05, 0) is 50.6 Å². The number of nitrogens with zero attached hydrogens (tertiary/aromatic N) is 2. The average molecular weight is 366 g/mol. The summed E-state index contributed by atoms with van der Waals surface area (Å²) in [6.07, 6.45) is 2.66. The third-order valence-corrected chi connectivity index (χ3v) is 5.48. The van der Waals surface area contributed by atoms with Gasteiger partial charge in [0.2, 0.25) is 5.91 Å². The number of carboxylic acid groups (broad SMARTS) is 1. The molecule has 138 valence electrons. The molecule has 0 aromatic heterocycles. The number of carbonyl (C=O) groups is 2. The van der Waals surface area contributed by atoms with Crippen molar-refractivity contribution >= 4 is 23.6 Å². The van der Waals surface area contributed by atoms with Crippen LogP contribution in [0.15, 0.2) is 29.2 Å². The second-order valence-electron chi connectivity index (χ2n) is 6.24. The first-order chi connectivity index (χ1) is 12.0. The lowest BCUT2D eigenvalue weighted by Crippen LogP contribution is -2.37. The van der Waals surface area contributed by atoms with Crippen LogP contribution in [0.4, 0.5) is 0 Å². The van der Waals surface area contributed by atoms with Gasteiger partial charge in [-0.1, -0.05) is 0 Å². The molecule has 1 heterocycles. The summed E-state index contributed by atoms with van der Waals surface area (Å²) in [5.41, 5.74) is 0. The Morgan fingerprint density at radius 1 is 1.28 bits per heavy atom. The van der Waals surface area contributed by atoms with Gasteiger partial charge < -0.3 is 14.7 Å². The first-order valence-corrected chi connectivity index (χ1v) is 9.45. The van der Waals surface area contributed by atoms with E-state index in [4.69, 9.17) is 9.84 Å². The van der Waals surface area contributed by atoms with Crippen molar-refractivity contribution in [2.75, 3.05) is 39.5 Å². The van der Waals surface area contributed by atoms with Gasteiger partial charge >= 0.3 is 5.97 Å². The number of carbonyl (C=O) groups excluding carboxylic acids is 1. The normalized spacial score (nSPS) is 18.0.